The van der Waals surface area contributed by atoms with Gasteiger partial charge in [0, 0.05) is 5.88 Å². The van der Waals surface area contributed by atoms with Gasteiger partial charge < -0.3 is 0 Å². The maximum atomic E-state index is 13.0. The van der Waals surface area contributed by atoms with Gasteiger partial charge in [-0.3, -0.25) is 10.1 Å². The summed E-state index contributed by atoms with van der Waals surface area (Å²) in [5, 5.41) is 10.3. The molecule has 6 heteroatoms. The van der Waals surface area contributed by atoms with Crippen LogP contribution in [0.2, 0.25) is 0 Å². The van der Waals surface area contributed by atoms with E-state index < -0.39 is 22.2 Å². The molecule has 0 aliphatic carbocycles. The smallest absolute Gasteiger partial charge is 0.258 e. The molecule has 0 aliphatic rings. The highest BCUT2D eigenvalue weighted by Crippen LogP contribution is 2.23. The van der Waals surface area contributed by atoms with Crippen molar-refractivity contribution in [1.82, 2.24) is 0 Å². The van der Waals surface area contributed by atoms with Gasteiger partial charge in [0.25, 0.3) is 0 Å². The molecule has 0 aliphatic heterocycles. The zero-order valence-electron chi connectivity index (χ0n) is 7.41. The van der Waals surface area contributed by atoms with Gasteiger partial charge >= 0.3 is 5.69 Å². The lowest BCUT2D eigenvalue weighted by molar-refractivity contribution is -0.390. The molecule has 0 radical (unpaired) electrons. The second-order valence-corrected chi connectivity index (χ2v) is 2.96. The molecule has 0 amide bonds. The van der Waals surface area contributed by atoms with E-state index in [1.165, 1.54) is 12.2 Å². The number of allylic oxidation sites excluding steroid dienone is 1. The molecule has 15 heavy (non-hydrogen) atoms. The van der Waals surface area contributed by atoms with Crippen molar-refractivity contribution < 1.29 is 13.7 Å². The molecule has 3 nitrogen and oxygen atoms in total. The Labute approximate surface area is 89.1 Å². The summed E-state index contributed by atoms with van der Waals surface area (Å²) in [7, 11) is 0. The third-order valence-electron chi connectivity index (χ3n) is 1.62. The standard InChI is InChI=1S/C9H6ClF2NO2/c10-3-1-2-6-4-7(11)9(13(14)15)8(12)5-6/h1-2,4-5H,3H2. The topological polar surface area (TPSA) is 43.1 Å². The third-order valence-corrected chi connectivity index (χ3v) is 1.80. The van der Waals surface area contributed by atoms with Gasteiger partial charge in [0.15, 0.2) is 0 Å². The molecule has 1 aromatic carbocycles. The molecule has 1 rings (SSSR count). The van der Waals surface area contributed by atoms with Crippen LogP contribution in [0, 0.1) is 21.7 Å². The first kappa shape index (κ1) is 11.6. The minimum absolute atomic E-state index is 0.191. The summed E-state index contributed by atoms with van der Waals surface area (Å²) < 4.78 is 26.1. The molecule has 80 valence electrons. The molecule has 0 aromatic heterocycles. The summed E-state index contributed by atoms with van der Waals surface area (Å²) in [6, 6.07) is 1.76. The first-order chi connectivity index (χ1) is 7.06. The average Bonchev–Trinajstić information content (AvgIpc) is 2.12. The Hall–Kier alpha value is -1.49. The quantitative estimate of drug-likeness (QED) is 0.457. The van der Waals surface area contributed by atoms with E-state index in [0.29, 0.717) is 0 Å². The molecular weight excluding hydrogens is 228 g/mol. The summed E-state index contributed by atoms with van der Waals surface area (Å²) in [5.74, 6) is -2.20. The van der Waals surface area contributed by atoms with Gasteiger partial charge in [0.1, 0.15) is 0 Å². The number of nitrogens with zero attached hydrogens (tertiary/aromatic N) is 1. The van der Waals surface area contributed by atoms with Crippen molar-refractivity contribution in [2.45, 2.75) is 0 Å². The van der Waals surface area contributed by atoms with Gasteiger partial charge in [0.05, 0.1) is 4.92 Å². The molecule has 0 bridgehead atoms. The number of alkyl halides is 1. The van der Waals surface area contributed by atoms with E-state index in [2.05, 4.69) is 0 Å². The number of nitro benzene ring substituents is 1. The molecule has 0 saturated carbocycles. The first-order valence-corrected chi connectivity index (χ1v) is 4.45. The fourth-order valence-corrected chi connectivity index (χ4v) is 1.13. The second kappa shape index (κ2) is 4.84. The fourth-order valence-electron chi connectivity index (χ4n) is 1.04. The van der Waals surface area contributed by atoms with Crippen LogP contribution in [0.1, 0.15) is 5.56 Å². The maximum absolute atomic E-state index is 13.0. The van der Waals surface area contributed by atoms with E-state index in [1.54, 1.807) is 0 Å². The summed E-state index contributed by atoms with van der Waals surface area (Å²) in [4.78, 5) is 9.16. The Kier molecular flexibility index (Phi) is 3.74. The van der Waals surface area contributed by atoms with Crippen molar-refractivity contribution in [3.05, 3.63) is 45.5 Å². The number of halogens is 3. The van der Waals surface area contributed by atoms with E-state index >= 15 is 0 Å². The Morgan fingerprint density at radius 3 is 2.33 bits per heavy atom. The van der Waals surface area contributed by atoms with E-state index in [1.807, 2.05) is 0 Å². The normalized spacial score (nSPS) is 10.9. The average molecular weight is 234 g/mol. The lowest BCUT2D eigenvalue weighted by Crippen LogP contribution is -1.97. The summed E-state index contributed by atoms with van der Waals surface area (Å²) in [6.45, 7) is 0. The van der Waals surface area contributed by atoms with Gasteiger partial charge in [-0.1, -0.05) is 12.2 Å². The SMILES string of the molecule is O=[N+]([O-])c1c(F)cc(C=CCCl)cc1F. The van der Waals surface area contributed by atoms with Crippen LogP contribution in [0.15, 0.2) is 18.2 Å². The third kappa shape index (κ3) is 2.73. The fraction of sp³-hybridized carbons (Fsp3) is 0.111. The largest absolute Gasteiger partial charge is 0.340 e. The summed E-state index contributed by atoms with van der Waals surface area (Å²) >= 11 is 5.33. The van der Waals surface area contributed by atoms with Crippen LogP contribution < -0.4 is 0 Å². The van der Waals surface area contributed by atoms with E-state index in [-0.39, 0.29) is 11.4 Å². The minimum Gasteiger partial charge on any atom is -0.258 e. The Bertz CT molecular complexity index is 398. The molecule has 0 saturated heterocycles. The number of benzene rings is 1. The van der Waals surface area contributed by atoms with Crippen LogP contribution in [0.5, 0.6) is 0 Å². The predicted molar refractivity (Wildman–Crippen MR) is 52.8 cm³/mol. The van der Waals surface area contributed by atoms with E-state index in [0.717, 1.165) is 12.1 Å². The van der Waals surface area contributed by atoms with Crippen molar-refractivity contribution in [1.29, 1.82) is 0 Å². The number of rotatable bonds is 3. The Morgan fingerprint density at radius 2 is 1.93 bits per heavy atom. The van der Waals surface area contributed by atoms with Crippen molar-refractivity contribution in [3.63, 3.8) is 0 Å². The van der Waals surface area contributed by atoms with Crippen LogP contribution in [0.4, 0.5) is 14.5 Å². The van der Waals surface area contributed by atoms with Crippen molar-refractivity contribution >= 4 is 23.4 Å². The lowest BCUT2D eigenvalue weighted by Gasteiger charge is -1.98. The zero-order chi connectivity index (χ0) is 11.4. The monoisotopic (exact) mass is 233 g/mol. The van der Waals surface area contributed by atoms with Gasteiger partial charge in [-0.25, -0.2) is 0 Å². The number of nitro groups is 1. The van der Waals surface area contributed by atoms with Gasteiger partial charge in [-0.15, -0.1) is 11.6 Å². The molecule has 0 fully saturated rings. The van der Waals surface area contributed by atoms with Crippen LogP contribution in [0.25, 0.3) is 6.08 Å². The highest BCUT2D eigenvalue weighted by molar-refractivity contribution is 6.19. The van der Waals surface area contributed by atoms with Crippen LogP contribution >= 0.6 is 11.6 Å². The van der Waals surface area contributed by atoms with Gasteiger partial charge in [-0.05, 0) is 17.7 Å². The molecule has 1 aromatic rings. The zero-order valence-corrected chi connectivity index (χ0v) is 8.17. The van der Waals surface area contributed by atoms with Gasteiger partial charge in [0.2, 0.25) is 11.6 Å². The number of hydrogen-bond acceptors (Lipinski definition) is 2. The summed E-state index contributed by atoms with van der Waals surface area (Å²) in [5.41, 5.74) is -0.950. The first-order valence-electron chi connectivity index (χ1n) is 3.92. The molecule has 0 heterocycles. The molecule has 0 spiro atoms. The summed E-state index contributed by atoms with van der Waals surface area (Å²) in [6.07, 6.45) is 2.85. The Balaban J connectivity index is 3.19. The highest BCUT2D eigenvalue weighted by atomic mass is 35.5. The van der Waals surface area contributed by atoms with E-state index in [4.69, 9.17) is 11.6 Å². The van der Waals surface area contributed by atoms with Crippen molar-refractivity contribution in [2.75, 3.05) is 5.88 Å². The van der Waals surface area contributed by atoms with E-state index in [9.17, 15) is 18.9 Å². The molecule has 0 atom stereocenters. The lowest BCUT2D eigenvalue weighted by atomic mass is 10.2. The molecular formula is C9H6ClF2NO2. The van der Waals surface area contributed by atoms with Crippen LogP contribution in [-0.4, -0.2) is 10.8 Å². The van der Waals surface area contributed by atoms with Gasteiger partial charge in [-0.2, -0.15) is 8.78 Å². The predicted octanol–water partition coefficient (Wildman–Crippen LogP) is 3.13. The highest BCUT2D eigenvalue weighted by Gasteiger charge is 2.20. The van der Waals surface area contributed by atoms with Crippen molar-refractivity contribution in [3.8, 4) is 0 Å². The number of hydrogen-bond donors (Lipinski definition) is 0. The Morgan fingerprint density at radius 1 is 1.40 bits per heavy atom. The second-order valence-electron chi connectivity index (χ2n) is 2.65. The van der Waals surface area contributed by atoms with Crippen LogP contribution in [0.3, 0.4) is 0 Å². The maximum Gasteiger partial charge on any atom is 0.340 e. The van der Waals surface area contributed by atoms with Crippen LogP contribution in [-0.2, 0) is 0 Å². The van der Waals surface area contributed by atoms with Crippen molar-refractivity contribution in [2.24, 2.45) is 0 Å². The minimum atomic E-state index is -1.20. The molecule has 0 N–H and O–H groups in total. The molecule has 0 unspecified atom stereocenters.